The lowest BCUT2D eigenvalue weighted by Crippen LogP contribution is -2.27. The van der Waals surface area contributed by atoms with Gasteiger partial charge in [0.15, 0.2) is 0 Å². The summed E-state index contributed by atoms with van der Waals surface area (Å²) in [6.07, 6.45) is 2.32. The van der Waals surface area contributed by atoms with Crippen LogP contribution >= 0.6 is 0 Å². The maximum atomic E-state index is 12.8. The highest BCUT2D eigenvalue weighted by Gasteiger charge is 2.14. The lowest BCUT2D eigenvalue weighted by Gasteiger charge is -2.17. The number of nitrogens with zero attached hydrogens (tertiary/aromatic N) is 2. The quantitative estimate of drug-likeness (QED) is 0.390. The first-order valence-electron chi connectivity index (χ1n) is 10.6. The van der Waals surface area contributed by atoms with Crippen molar-refractivity contribution in [3.63, 3.8) is 0 Å². The first-order valence-corrected chi connectivity index (χ1v) is 10.6. The molecule has 1 heterocycles. The van der Waals surface area contributed by atoms with Crippen LogP contribution in [0, 0.1) is 0 Å². The average Bonchev–Trinajstić information content (AvgIpc) is 3.25. The van der Waals surface area contributed by atoms with E-state index >= 15 is 0 Å². The highest BCUT2D eigenvalue weighted by Crippen LogP contribution is 2.25. The molecule has 33 heavy (non-hydrogen) atoms. The summed E-state index contributed by atoms with van der Waals surface area (Å²) in [5.41, 5.74) is 4.23. The fourth-order valence-electron chi connectivity index (χ4n) is 3.87. The van der Waals surface area contributed by atoms with Gasteiger partial charge in [-0.3, -0.25) is 4.79 Å². The van der Waals surface area contributed by atoms with E-state index in [2.05, 4.69) is 10.6 Å². The Morgan fingerprint density at radius 3 is 2.45 bits per heavy atom. The lowest BCUT2D eigenvalue weighted by atomic mass is 10.1. The molecule has 0 spiro atoms. The second-order valence-electron chi connectivity index (χ2n) is 7.82. The van der Waals surface area contributed by atoms with Gasteiger partial charge < -0.3 is 18.9 Å². The summed E-state index contributed by atoms with van der Waals surface area (Å²) in [5, 5.41) is 1.09. The SMILES string of the molecule is COC(=O)c1ccc(Cn2ccc3ccc(CC(=O)N(C)c4ccccc4)cc32)c(OC)c1. The number of anilines is 1. The van der Waals surface area contributed by atoms with Crippen LogP contribution in [0.4, 0.5) is 5.69 Å². The zero-order valence-electron chi connectivity index (χ0n) is 18.9. The van der Waals surface area contributed by atoms with Crippen molar-refractivity contribution in [2.75, 3.05) is 26.2 Å². The second kappa shape index (κ2) is 9.61. The van der Waals surface area contributed by atoms with Gasteiger partial charge in [0.05, 0.1) is 32.7 Å². The van der Waals surface area contributed by atoms with Crippen molar-refractivity contribution < 1.29 is 19.1 Å². The van der Waals surface area contributed by atoms with Gasteiger partial charge in [-0.05, 0) is 47.3 Å². The third-order valence-electron chi connectivity index (χ3n) is 5.76. The minimum Gasteiger partial charge on any atom is -0.496 e. The smallest absolute Gasteiger partial charge is 0.337 e. The molecule has 0 radical (unpaired) electrons. The number of carbonyl (C=O) groups is 2. The fourth-order valence-corrected chi connectivity index (χ4v) is 3.87. The Bertz CT molecular complexity index is 1290. The molecule has 0 aliphatic heterocycles. The molecule has 6 nitrogen and oxygen atoms in total. The standard InChI is InChI=1S/C27H26N2O4/c1-28(23-7-5-4-6-8-23)26(30)16-19-9-10-20-13-14-29(24(20)15-19)18-22-12-11-21(27(31)33-3)17-25(22)32-2/h4-15,17H,16,18H2,1-3H3. The number of ether oxygens (including phenoxy) is 2. The summed E-state index contributed by atoms with van der Waals surface area (Å²) in [6, 6.07) is 23.1. The van der Waals surface area contributed by atoms with Gasteiger partial charge in [-0.25, -0.2) is 4.79 Å². The minimum absolute atomic E-state index is 0.0266. The Balaban J connectivity index is 1.57. The maximum Gasteiger partial charge on any atom is 0.337 e. The molecule has 0 N–H and O–H groups in total. The van der Waals surface area contributed by atoms with Crippen molar-refractivity contribution in [3.05, 3.63) is 95.7 Å². The van der Waals surface area contributed by atoms with Crippen LogP contribution in [0.25, 0.3) is 10.9 Å². The number of carbonyl (C=O) groups excluding carboxylic acids is 2. The van der Waals surface area contributed by atoms with Gasteiger partial charge in [0.2, 0.25) is 5.91 Å². The maximum absolute atomic E-state index is 12.8. The normalized spacial score (nSPS) is 10.8. The molecule has 0 bridgehead atoms. The molecular formula is C27H26N2O4. The van der Waals surface area contributed by atoms with E-state index < -0.39 is 5.97 Å². The molecule has 0 aliphatic carbocycles. The molecule has 6 heteroatoms. The predicted octanol–water partition coefficient (Wildman–Crippen LogP) is 4.69. The molecule has 3 aromatic carbocycles. The van der Waals surface area contributed by atoms with E-state index in [1.54, 1.807) is 31.2 Å². The lowest BCUT2D eigenvalue weighted by molar-refractivity contribution is -0.117. The number of methoxy groups -OCH3 is 2. The molecule has 0 saturated heterocycles. The van der Waals surface area contributed by atoms with Crippen LogP contribution in [-0.4, -0.2) is 37.7 Å². The Morgan fingerprint density at radius 2 is 1.73 bits per heavy atom. The van der Waals surface area contributed by atoms with E-state index in [9.17, 15) is 9.59 Å². The average molecular weight is 443 g/mol. The van der Waals surface area contributed by atoms with Gasteiger partial charge in [-0.15, -0.1) is 0 Å². The van der Waals surface area contributed by atoms with E-state index in [0.29, 0.717) is 24.3 Å². The van der Waals surface area contributed by atoms with Gasteiger partial charge in [-0.2, -0.15) is 0 Å². The summed E-state index contributed by atoms with van der Waals surface area (Å²) in [5.74, 6) is 0.246. The van der Waals surface area contributed by atoms with E-state index in [1.807, 2.05) is 60.8 Å². The first-order chi connectivity index (χ1) is 16.0. The monoisotopic (exact) mass is 442 g/mol. The zero-order chi connectivity index (χ0) is 23.4. The highest BCUT2D eigenvalue weighted by atomic mass is 16.5. The van der Waals surface area contributed by atoms with Gasteiger partial charge in [-0.1, -0.05) is 36.4 Å². The molecule has 4 rings (SSSR count). The van der Waals surface area contributed by atoms with Crippen LogP contribution in [-0.2, 0) is 22.5 Å². The number of likely N-dealkylation sites (N-methyl/N-ethyl adjacent to an activating group) is 1. The van der Waals surface area contributed by atoms with Crippen molar-refractivity contribution >= 4 is 28.5 Å². The number of rotatable bonds is 7. The van der Waals surface area contributed by atoms with E-state index in [1.165, 1.54) is 7.11 Å². The molecule has 1 aromatic heterocycles. The number of hydrogen-bond donors (Lipinski definition) is 0. The van der Waals surface area contributed by atoms with E-state index in [4.69, 9.17) is 9.47 Å². The Hall–Kier alpha value is -4.06. The van der Waals surface area contributed by atoms with Gasteiger partial charge in [0.1, 0.15) is 5.75 Å². The van der Waals surface area contributed by atoms with E-state index in [-0.39, 0.29) is 5.91 Å². The number of hydrogen-bond acceptors (Lipinski definition) is 4. The molecule has 0 fully saturated rings. The summed E-state index contributed by atoms with van der Waals surface area (Å²) in [4.78, 5) is 26.3. The number of aromatic nitrogens is 1. The van der Waals surface area contributed by atoms with Crippen LogP contribution in [0.1, 0.15) is 21.5 Å². The van der Waals surface area contributed by atoms with Crippen molar-refractivity contribution in [2.24, 2.45) is 0 Å². The molecule has 168 valence electrons. The minimum atomic E-state index is -0.402. The van der Waals surface area contributed by atoms with Crippen LogP contribution in [0.3, 0.4) is 0 Å². The Morgan fingerprint density at radius 1 is 0.939 bits per heavy atom. The van der Waals surface area contributed by atoms with Gasteiger partial charge >= 0.3 is 5.97 Å². The topological polar surface area (TPSA) is 60.8 Å². The number of esters is 1. The van der Waals surface area contributed by atoms with Crippen molar-refractivity contribution in [2.45, 2.75) is 13.0 Å². The van der Waals surface area contributed by atoms with Crippen LogP contribution in [0.15, 0.2) is 79.0 Å². The first kappa shape index (κ1) is 22.1. The van der Waals surface area contributed by atoms with Crippen LogP contribution in [0.2, 0.25) is 0 Å². The third-order valence-corrected chi connectivity index (χ3v) is 5.76. The molecule has 1 amide bonds. The third kappa shape index (κ3) is 4.75. The molecule has 0 aliphatic rings. The van der Waals surface area contributed by atoms with Crippen LogP contribution < -0.4 is 9.64 Å². The van der Waals surface area contributed by atoms with Crippen molar-refractivity contribution in [1.29, 1.82) is 0 Å². The van der Waals surface area contributed by atoms with Crippen molar-refractivity contribution in [1.82, 2.24) is 4.57 Å². The Labute approximate surface area is 193 Å². The van der Waals surface area contributed by atoms with Gasteiger partial charge in [0, 0.05) is 30.0 Å². The van der Waals surface area contributed by atoms with E-state index in [0.717, 1.165) is 27.7 Å². The fraction of sp³-hybridized carbons (Fsp3) is 0.185. The molecule has 0 saturated carbocycles. The largest absolute Gasteiger partial charge is 0.496 e. The highest BCUT2D eigenvalue weighted by molar-refractivity contribution is 5.95. The molecule has 0 atom stereocenters. The molecule has 0 unspecified atom stereocenters. The number of fused-ring (bicyclic) bond motifs is 1. The summed E-state index contributed by atoms with van der Waals surface area (Å²) in [6.45, 7) is 0.565. The summed E-state index contributed by atoms with van der Waals surface area (Å²) < 4.78 is 12.4. The second-order valence-corrected chi connectivity index (χ2v) is 7.82. The number of benzene rings is 3. The van der Waals surface area contributed by atoms with Gasteiger partial charge in [0.25, 0.3) is 0 Å². The number of amides is 1. The summed E-state index contributed by atoms with van der Waals surface area (Å²) in [7, 11) is 4.73. The predicted molar refractivity (Wildman–Crippen MR) is 129 cm³/mol. The van der Waals surface area contributed by atoms with Crippen molar-refractivity contribution in [3.8, 4) is 5.75 Å². The molecular weight excluding hydrogens is 416 g/mol. The zero-order valence-corrected chi connectivity index (χ0v) is 18.9. The van der Waals surface area contributed by atoms with Crippen LogP contribution in [0.5, 0.6) is 5.75 Å². The molecule has 4 aromatic rings. The summed E-state index contributed by atoms with van der Waals surface area (Å²) >= 11 is 0. The number of para-hydroxylation sites is 1. The Kier molecular flexibility index (Phi) is 6.45.